The molecule has 0 aliphatic carbocycles. The zero-order valence-electron chi connectivity index (χ0n) is 6.89. The van der Waals surface area contributed by atoms with Crippen molar-refractivity contribution in [3.8, 4) is 0 Å². The summed E-state index contributed by atoms with van der Waals surface area (Å²) in [6.07, 6.45) is 2.94. The van der Waals surface area contributed by atoms with E-state index in [-0.39, 0.29) is 0 Å². The van der Waals surface area contributed by atoms with Crippen molar-refractivity contribution in [1.29, 1.82) is 0 Å². The maximum Gasteiger partial charge on any atom is 0.209 e. The van der Waals surface area contributed by atoms with Gasteiger partial charge in [-0.15, -0.1) is 0 Å². The fourth-order valence-electron chi connectivity index (χ4n) is 1.49. The largest absolute Gasteiger partial charge is 0.345 e. The molecule has 1 atom stereocenters. The van der Waals surface area contributed by atoms with Crippen LogP contribution < -0.4 is 0 Å². The van der Waals surface area contributed by atoms with Gasteiger partial charge in [-0.3, -0.25) is 4.79 Å². The molecule has 1 unspecified atom stereocenters. The van der Waals surface area contributed by atoms with Crippen LogP contribution in [0.5, 0.6) is 0 Å². The van der Waals surface area contributed by atoms with E-state index in [2.05, 4.69) is 10.0 Å². The van der Waals surface area contributed by atoms with Crippen molar-refractivity contribution in [3.05, 3.63) is 10.4 Å². The average Bonchev–Trinajstić information content (AvgIpc) is 2.15. The molecule has 1 saturated heterocycles. The maximum absolute atomic E-state index is 10.4. The highest BCUT2D eigenvalue weighted by atomic mass is 16.1. The number of rotatable bonds is 3. The number of amides is 1. The Morgan fingerprint density at radius 2 is 2.58 bits per heavy atom. The van der Waals surface area contributed by atoms with Crippen molar-refractivity contribution in [3.63, 3.8) is 0 Å². The summed E-state index contributed by atoms with van der Waals surface area (Å²) in [5.41, 5.74) is 8.10. The second-order valence-electron chi connectivity index (χ2n) is 3.02. The topological polar surface area (TPSA) is 69.1 Å². The molecule has 0 saturated carbocycles. The minimum absolute atomic E-state index is 0.361. The third kappa shape index (κ3) is 2.43. The Bertz CT molecular complexity index is 200. The zero-order valence-corrected chi connectivity index (χ0v) is 6.89. The predicted octanol–water partition coefficient (Wildman–Crippen LogP) is 1.17. The highest BCUT2D eigenvalue weighted by molar-refractivity contribution is 5.47. The van der Waals surface area contributed by atoms with Crippen LogP contribution in [0.15, 0.2) is 5.11 Å². The first kappa shape index (κ1) is 8.87. The number of carbonyl (C=O) groups is 1. The molecule has 1 aliphatic heterocycles. The molecule has 1 fully saturated rings. The van der Waals surface area contributed by atoms with Crippen LogP contribution in [0.1, 0.15) is 12.8 Å². The summed E-state index contributed by atoms with van der Waals surface area (Å²) in [7, 11) is 0. The lowest BCUT2D eigenvalue weighted by atomic mass is 9.99. The summed E-state index contributed by atoms with van der Waals surface area (Å²) < 4.78 is 0. The Kier molecular flexibility index (Phi) is 3.41. The second-order valence-corrected chi connectivity index (χ2v) is 3.02. The van der Waals surface area contributed by atoms with Gasteiger partial charge in [0.25, 0.3) is 0 Å². The number of hydrogen-bond donors (Lipinski definition) is 0. The lowest BCUT2D eigenvalue weighted by molar-refractivity contribution is -0.119. The molecular weight excluding hydrogens is 156 g/mol. The van der Waals surface area contributed by atoms with E-state index in [0.717, 1.165) is 32.3 Å². The van der Waals surface area contributed by atoms with Crippen LogP contribution in [0.2, 0.25) is 0 Å². The molecular formula is C7H12N4O. The van der Waals surface area contributed by atoms with Crippen LogP contribution in [0.4, 0.5) is 0 Å². The van der Waals surface area contributed by atoms with Crippen molar-refractivity contribution in [2.75, 3.05) is 19.6 Å². The molecule has 0 aromatic carbocycles. The van der Waals surface area contributed by atoms with Gasteiger partial charge >= 0.3 is 0 Å². The van der Waals surface area contributed by atoms with Gasteiger partial charge in [0.05, 0.1) is 0 Å². The first-order valence-electron chi connectivity index (χ1n) is 4.07. The molecule has 0 radical (unpaired) electrons. The van der Waals surface area contributed by atoms with Gasteiger partial charge in [-0.1, -0.05) is 5.11 Å². The summed E-state index contributed by atoms with van der Waals surface area (Å²) in [5.74, 6) is 0.361. The van der Waals surface area contributed by atoms with Crippen molar-refractivity contribution < 1.29 is 4.79 Å². The first-order chi connectivity index (χ1) is 5.86. The Hall–Kier alpha value is -1.22. The molecule has 1 rings (SSSR count). The van der Waals surface area contributed by atoms with Gasteiger partial charge in [-0.25, -0.2) is 0 Å². The van der Waals surface area contributed by atoms with E-state index in [1.54, 1.807) is 4.90 Å². The fourth-order valence-corrected chi connectivity index (χ4v) is 1.49. The van der Waals surface area contributed by atoms with Crippen LogP contribution >= 0.6 is 0 Å². The molecule has 0 N–H and O–H groups in total. The first-order valence-corrected chi connectivity index (χ1v) is 4.07. The highest BCUT2D eigenvalue weighted by Crippen LogP contribution is 2.15. The Labute approximate surface area is 71.0 Å². The summed E-state index contributed by atoms with van der Waals surface area (Å²) in [6.45, 7) is 2.10. The Morgan fingerprint density at radius 1 is 1.75 bits per heavy atom. The lowest BCUT2D eigenvalue weighted by Gasteiger charge is -2.28. The molecule has 1 amide bonds. The number of hydrogen-bond acceptors (Lipinski definition) is 2. The van der Waals surface area contributed by atoms with Crippen molar-refractivity contribution in [1.82, 2.24) is 4.90 Å². The lowest BCUT2D eigenvalue weighted by Crippen LogP contribution is -2.35. The quantitative estimate of drug-likeness (QED) is 0.270. The van der Waals surface area contributed by atoms with Crippen LogP contribution in [0.25, 0.3) is 10.4 Å². The van der Waals surface area contributed by atoms with E-state index in [9.17, 15) is 4.79 Å². The van der Waals surface area contributed by atoms with E-state index < -0.39 is 0 Å². The van der Waals surface area contributed by atoms with Gasteiger partial charge in [-0.2, -0.15) is 0 Å². The highest BCUT2D eigenvalue weighted by Gasteiger charge is 2.17. The minimum atomic E-state index is 0.361. The second kappa shape index (κ2) is 4.62. The number of likely N-dealkylation sites (tertiary alicyclic amines) is 1. The SMILES string of the molecule is [N-]=[N+]=NCC1CCCN(C=O)C1. The number of carbonyl (C=O) groups excluding carboxylic acids is 1. The minimum Gasteiger partial charge on any atom is -0.345 e. The molecule has 66 valence electrons. The molecule has 0 aromatic rings. The van der Waals surface area contributed by atoms with Gasteiger partial charge in [0.1, 0.15) is 0 Å². The molecule has 5 nitrogen and oxygen atoms in total. The van der Waals surface area contributed by atoms with E-state index in [1.807, 2.05) is 0 Å². The third-order valence-electron chi connectivity index (χ3n) is 2.10. The van der Waals surface area contributed by atoms with Crippen molar-refractivity contribution >= 4 is 6.41 Å². The van der Waals surface area contributed by atoms with Crippen LogP contribution in [0.3, 0.4) is 0 Å². The van der Waals surface area contributed by atoms with Gasteiger partial charge in [0, 0.05) is 24.5 Å². The van der Waals surface area contributed by atoms with Gasteiger partial charge < -0.3 is 4.90 Å². The maximum atomic E-state index is 10.4. The van der Waals surface area contributed by atoms with Gasteiger partial charge in [-0.05, 0) is 24.3 Å². The van der Waals surface area contributed by atoms with Crippen molar-refractivity contribution in [2.24, 2.45) is 11.0 Å². The molecule has 1 heterocycles. The zero-order chi connectivity index (χ0) is 8.81. The molecule has 0 aromatic heterocycles. The standard InChI is InChI=1S/C7H12N4O/c8-10-9-4-7-2-1-3-11(5-7)6-12/h6-7H,1-5H2. The van der Waals surface area contributed by atoms with Crippen molar-refractivity contribution in [2.45, 2.75) is 12.8 Å². The normalized spacial score (nSPS) is 23.0. The fraction of sp³-hybridized carbons (Fsp3) is 0.857. The molecule has 0 spiro atoms. The molecule has 12 heavy (non-hydrogen) atoms. The molecule has 1 aliphatic rings. The predicted molar refractivity (Wildman–Crippen MR) is 44.4 cm³/mol. The van der Waals surface area contributed by atoms with E-state index in [0.29, 0.717) is 12.5 Å². The van der Waals surface area contributed by atoms with Crippen LogP contribution in [0, 0.1) is 5.92 Å². The third-order valence-corrected chi connectivity index (χ3v) is 2.10. The monoisotopic (exact) mass is 168 g/mol. The smallest absolute Gasteiger partial charge is 0.209 e. The molecule has 0 bridgehead atoms. The summed E-state index contributed by atoms with van der Waals surface area (Å²) in [4.78, 5) is 14.8. The van der Waals surface area contributed by atoms with Gasteiger partial charge in [0.15, 0.2) is 0 Å². The number of nitrogens with zero attached hydrogens (tertiary/aromatic N) is 4. The van der Waals surface area contributed by atoms with Crippen LogP contribution in [-0.4, -0.2) is 30.9 Å². The van der Waals surface area contributed by atoms with Gasteiger partial charge in [0.2, 0.25) is 6.41 Å². The summed E-state index contributed by atoms with van der Waals surface area (Å²) in [6, 6.07) is 0. The number of piperidine rings is 1. The van der Waals surface area contributed by atoms with E-state index in [1.165, 1.54) is 0 Å². The summed E-state index contributed by atoms with van der Waals surface area (Å²) >= 11 is 0. The Balaban J connectivity index is 2.34. The number of azide groups is 1. The Morgan fingerprint density at radius 3 is 3.25 bits per heavy atom. The summed E-state index contributed by atoms with van der Waals surface area (Å²) in [5, 5.41) is 3.50. The van der Waals surface area contributed by atoms with E-state index in [4.69, 9.17) is 5.53 Å². The average molecular weight is 168 g/mol. The molecule has 5 heteroatoms. The van der Waals surface area contributed by atoms with E-state index >= 15 is 0 Å². The van der Waals surface area contributed by atoms with Crippen LogP contribution in [-0.2, 0) is 4.79 Å².